The fourth-order valence-corrected chi connectivity index (χ4v) is 3.23. The first kappa shape index (κ1) is 17.6. The average Bonchev–Trinajstić information content (AvgIpc) is 2.66. The molecule has 5 heteroatoms. The number of hydrogen-bond donors (Lipinski definition) is 1. The largest absolute Gasteiger partial charge is 0.463 e. The van der Waals surface area contributed by atoms with Crippen LogP contribution in [-0.4, -0.2) is 12.6 Å². The third-order valence-electron chi connectivity index (χ3n) is 4.42. The summed E-state index contributed by atoms with van der Waals surface area (Å²) < 4.78 is 10.8. The molecular weight excluding hydrogens is 328 g/mol. The number of fused-ring (bicyclic) bond motifs is 1. The summed E-state index contributed by atoms with van der Waals surface area (Å²) in [6.45, 7) is 3.86. The molecule has 132 valence electrons. The van der Waals surface area contributed by atoms with Gasteiger partial charge in [0.15, 0.2) is 0 Å². The van der Waals surface area contributed by atoms with Gasteiger partial charge in [0.2, 0.25) is 5.88 Å². The van der Waals surface area contributed by atoms with Crippen LogP contribution in [0.1, 0.15) is 31.7 Å². The minimum atomic E-state index is -0.604. The van der Waals surface area contributed by atoms with E-state index in [1.165, 1.54) is 0 Å². The summed E-state index contributed by atoms with van der Waals surface area (Å²) in [5, 5.41) is 11.8. The van der Waals surface area contributed by atoms with Crippen molar-refractivity contribution in [1.82, 2.24) is 0 Å². The van der Waals surface area contributed by atoms with E-state index in [0.29, 0.717) is 17.8 Å². The van der Waals surface area contributed by atoms with E-state index < -0.39 is 11.9 Å². The van der Waals surface area contributed by atoms with Crippen molar-refractivity contribution in [2.75, 3.05) is 6.61 Å². The van der Waals surface area contributed by atoms with Crippen molar-refractivity contribution in [1.29, 1.82) is 5.26 Å². The number of hydrogen-bond acceptors (Lipinski definition) is 5. The second-order valence-electron chi connectivity index (χ2n) is 5.94. The molecule has 0 spiro atoms. The number of allylic oxidation sites excluding steroid dienone is 2. The Bertz CT molecular complexity index is 967. The number of benzene rings is 2. The summed E-state index contributed by atoms with van der Waals surface area (Å²) in [7, 11) is 0. The number of nitrogens with zero attached hydrogens (tertiary/aromatic N) is 1. The molecule has 0 aliphatic carbocycles. The quantitative estimate of drug-likeness (QED) is 0.848. The first-order valence-electron chi connectivity index (χ1n) is 8.57. The zero-order valence-electron chi connectivity index (χ0n) is 14.8. The number of esters is 1. The maximum Gasteiger partial charge on any atom is 0.338 e. The van der Waals surface area contributed by atoms with Gasteiger partial charge in [-0.2, -0.15) is 5.26 Å². The van der Waals surface area contributed by atoms with E-state index in [9.17, 15) is 10.1 Å². The van der Waals surface area contributed by atoms with Gasteiger partial charge in [-0.25, -0.2) is 4.79 Å². The Morgan fingerprint density at radius 1 is 1.23 bits per heavy atom. The zero-order chi connectivity index (χ0) is 18.7. The number of nitrogens with two attached hydrogens (primary N) is 1. The van der Waals surface area contributed by atoms with Crippen LogP contribution in [-0.2, 0) is 14.3 Å². The van der Waals surface area contributed by atoms with Crippen molar-refractivity contribution in [3.05, 3.63) is 70.8 Å². The van der Waals surface area contributed by atoms with Crippen LogP contribution in [0.15, 0.2) is 65.3 Å². The van der Waals surface area contributed by atoms with E-state index in [2.05, 4.69) is 6.07 Å². The van der Waals surface area contributed by atoms with E-state index in [1.54, 1.807) is 6.92 Å². The molecule has 1 aliphatic heterocycles. The Labute approximate surface area is 152 Å². The molecule has 0 fully saturated rings. The molecule has 5 nitrogen and oxygen atoms in total. The molecule has 0 bridgehead atoms. The summed E-state index contributed by atoms with van der Waals surface area (Å²) in [6.07, 6.45) is 0.470. The lowest BCUT2D eigenvalue weighted by Crippen LogP contribution is -2.26. The summed E-state index contributed by atoms with van der Waals surface area (Å²) in [6, 6.07) is 15.9. The highest BCUT2D eigenvalue weighted by Crippen LogP contribution is 2.41. The number of rotatable bonds is 4. The van der Waals surface area contributed by atoms with Gasteiger partial charge < -0.3 is 15.2 Å². The Morgan fingerprint density at radius 2 is 1.96 bits per heavy atom. The molecule has 2 aromatic rings. The van der Waals surface area contributed by atoms with Crippen LogP contribution >= 0.6 is 0 Å². The third-order valence-corrected chi connectivity index (χ3v) is 4.42. The SMILES string of the molecule is CCOC(=O)C1=C(CC)OC(N)=C(C#N)[C@@H]1c1ccc2ccccc2c1. The van der Waals surface area contributed by atoms with E-state index >= 15 is 0 Å². The van der Waals surface area contributed by atoms with Crippen LogP contribution in [0.2, 0.25) is 0 Å². The molecule has 2 N–H and O–H groups in total. The van der Waals surface area contributed by atoms with Crippen LogP contribution < -0.4 is 5.73 Å². The molecule has 0 unspecified atom stereocenters. The fraction of sp³-hybridized carbons (Fsp3) is 0.238. The molecule has 0 saturated carbocycles. The zero-order valence-corrected chi connectivity index (χ0v) is 14.8. The van der Waals surface area contributed by atoms with Crippen LogP contribution in [0.3, 0.4) is 0 Å². The highest BCUT2D eigenvalue weighted by molar-refractivity contribution is 5.93. The second kappa shape index (κ2) is 7.32. The molecule has 0 saturated heterocycles. The van der Waals surface area contributed by atoms with Gasteiger partial charge in [-0.1, -0.05) is 49.4 Å². The van der Waals surface area contributed by atoms with Crippen molar-refractivity contribution in [3.63, 3.8) is 0 Å². The molecule has 1 heterocycles. The Morgan fingerprint density at radius 3 is 2.62 bits per heavy atom. The van der Waals surface area contributed by atoms with E-state index in [1.807, 2.05) is 49.4 Å². The van der Waals surface area contributed by atoms with Crippen molar-refractivity contribution in [2.45, 2.75) is 26.2 Å². The Kier molecular flexibility index (Phi) is 4.94. The highest BCUT2D eigenvalue weighted by atomic mass is 16.5. The standard InChI is InChI=1S/C21H20N2O3/c1-3-17-19(21(24)25-4-2)18(16(12-22)20(23)26-17)15-10-9-13-7-5-6-8-14(13)11-15/h5-11,18H,3-4,23H2,1-2H3/t18-/m0/s1. The van der Waals surface area contributed by atoms with Crippen molar-refractivity contribution >= 4 is 16.7 Å². The van der Waals surface area contributed by atoms with Gasteiger partial charge in [-0.15, -0.1) is 0 Å². The van der Waals surface area contributed by atoms with Gasteiger partial charge in [0.25, 0.3) is 0 Å². The maximum absolute atomic E-state index is 12.6. The van der Waals surface area contributed by atoms with E-state index in [0.717, 1.165) is 16.3 Å². The minimum Gasteiger partial charge on any atom is -0.463 e. The first-order chi connectivity index (χ1) is 12.6. The minimum absolute atomic E-state index is 0.0376. The smallest absolute Gasteiger partial charge is 0.338 e. The van der Waals surface area contributed by atoms with Gasteiger partial charge >= 0.3 is 5.97 Å². The molecule has 0 aromatic heterocycles. The summed E-state index contributed by atoms with van der Waals surface area (Å²) in [4.78, 5) is 12.6. The second-order valence-corrected chi connectivity index (χ2v) is 5.94. The molecule has 0 amide bonds. The monoisotopic (exact) mass is 348 g/mol. The predicted octanol–water partition coefficient (Wildman–Crippen LogP) is 3.87. The maximum atomic E-state index is 12.6. The molecular formula is C21H20N2O3. The van der Waals surface area contributed by atoms with Crippen LogP contribution in [0.5, 0.6) is 0 Å². The number of carbonyl (C=O) groups excluding carboxylic acids is 1. The first-order valence-corrected chi connectivity index (χ1v) is 8.57. The Hall–Kier alpha value is -3.26. The normalized spacial score (nSPS) is 17.0. The molecule has 2 aromatic carbocycles. The average molecular weight is 348 g/mol. The van der Waals surface area contributed by atoms with Gasteiger partial charge in [-0.05, 0) is 23.3 Å². The van der Waals surface area contributed by atoms with Crippen LogP contribution in [0.4, 0.5) is 0 Å². The lowest BCUT2D eigenvalue weighted by Gasteiger charge is -2.28. The molecule has 0 radical (unpaired) electrons. The van der Waals surface area contributed by atoms with Crippen molar-refractivity contribution < 1.29 is 14.3 Å². The lowest BCUT2D eigenvalue weighted by molar-refractivity contribution is -0.139. The summed E-state index contributed by atoms with van der Waals surface area (Å²) in [5.74, 6) is -0.608. The highest BCUT2D eigenvalue weighted by Gasteiger charge is 2.37. The molecule has 1 aliphatic rings. The van der Waals surface area contributed by atoms with E-state index in [4.69, 9.17) is 15.2 Å². The summed E-state index contributed by atoms with van der Waals surface area (Å²) in [5.41, 5.74) is 7.35. The van der Waals surface area contributed by atoms with Gasteiger partial charge in [0.1, 0.15) is 17.4 Å². The van der Waals surface area contributed by atoms with E-state index in [-0.39, 0.29) is 18.1 Å². The van der Waals surface area contributed by atoms with Crippen LogP contribution in [0, 0.1) is 11.3 Å². The van der Waals surface area contributed by atoms with Gasteiger partial charge in [0, 0.05) is 6.42 Å². The lowest BCUT2D eigenvalue weighted by atomic mass is 9.82. The number of carbonyl (C=O) groups is 1. The van der Waals surface area contributed by atoms with Gasteiger partial charge in [-0.3, -0.25) is 0 Å². The van der Waals surface area contributed by atoms with Crippen molar-refractivity contribution in [3.8, 4) is 6.07 Å². The van der Waals surface area contributed by atoms with Gasteiger partial charge in [0.05, 0.1) is 18.1 Å². The fourth-order valence-electron chi connectivity index (χ4n) is 3.23. The number of ether oxygens (including phenoxy) is 2. The molecule has 26 heavy (non-hydrogen) atoms. The van der Waals surface area contributed by atoms with Crippen molar-refractivity contribution in [2.24, 2.45) is 5.73 Å². The Balaban J connectivity index is 2.22. The molecule has 1 atom stereocenters. The predicted molar refractivity (Wildman–Crippen MR) is 98.6 cm³/mol. The molecule has 3 rings (SSSR count). The van der Waals surface area contributed by atoms with Crippen LogP contribution in [0.25, 0.3) is 10.8 Å². The summed E-state index contributed by atoms with van der Waals surface area (Å²) >= 11 is 0. The number of nitriles is 1. The topological polar surface area (TPSA) is 85.3 Å². The third kappa shape index (κ3) is 3.02.